The molecule has 2 rings (SSSR count). The minimum Gasteiger partial charge on any atom is -0.305 e. The van der Waals surface area contributed by atoms with Gasteiger partial charge in [0.25, 0.3) is 5.69 Å². The summed E-state index contributed by atoms with van der Waals surface area (Å²) in [4.78, 5) is 23.4. The van der Waals surface area contributed by atoms with Crippen LogP contribution in [0.2, 0.25) is 0 Å². The summed E-state index contributed by atoms with van der Waals surface area (Å²) in [5, 5.41) is 19.6. The van der Waals surface area contributed by atoms with Gasteiger partial charge in [-0.3, -0.25) is 14.9 Å². The number of hydrogen-bond acceptors (Lipinski definition) is 5. The molecule has 0 saturated carbocycles. The van der Waals surface area contributed by atoms with Crippen LogP contribution in [-0.4, -0.2) is 22.6 Å². The van der Waals surface area contributed by atoms with Crippen molar-refractivity contribution >= 4 is 29.9 Å². The van der Waals surface area contributed by atoms with Crippen molar-refractivity contribution in [2.24, 2.45) is 0 Å². The van der Waals surface area contributed by atoms with E-state index in [2.05, 4.69) is 12.6 Å². The molecule has 0 bridgehead atoms. The zero-order valence-electron chi connectivity index (χ0n) is 9.24. The van der Waals surface area contributed by atoms with Gasteiger partial charge in [-0.2, -0.15) is 17.9 Å². The summed E-state index contributed by atoms with van der Waals surface area (Å²) >= 11 is 4.20. The molecule has 1 aliphatic rings. The standard InChI is InChI=1S/C11H9N3O3S/c12-5-7-1-2-9(10(3-7)14(16)17)13-6-8(18)4-11(13)15/h1-3,8,18H,4,6H2. The van der Waals surface area contributed by atoms with Crippen LogP contribution in [0.15, 0.2) is 18.2 Å². The van der Waals surface area contributed by atoms with E-state index in [-0.39, 0.29) is 34.5 Å². The molecule has 0 aromatic heterocycles. The molecule has 1 amide bonds. The van der Waals surface area contributed by atoms with Crippen molar-refractivity contribution in [2.45, 2.75) is 11.7 Å². The van der Waals surface area contributed by atoms with Gasteiger partial charge in [-0.1, -0.05) is 0 Å². The summed E-state index contributed by atoms with van der Waals surface area (Å²) in [5.74, 6) is -0.192. The number of nitrogens with zero attached hydrogens (tertiary/aromatic N) is 3. The molecule has 0 spiro atoms. The number of nitro groups is 1. The van der Waals surface area contributed by atoms with E-state index in [9.17, 15) is 14.9 Å². The first-order valence-electron chi connectivity index (χ1n) is 5.20. The lowest BCUT2D eigenvalue weighted by molar-refractivity contribution is -0.384. The van der Waals surface area contributed by atoms with E-state index in [1.54, 1.807) is 0 Å². The van der Waals surface area contributed by atoms with Crippen molar-refractivity contribution < 1.29 is 9.72 Å². The number of carbonyl (C=O) groups excluding carboxylic acids is 1. The van der Waals surface area contributed by atoms with Crippen LogP contribution in [0.25, 0.3) is 0 Å². The minimum absolute atomic E-state index is 0.118. The molecule has 1 aromatic rings. The summed E-state index contributed by atoms with van der Waals surface area (Å²) in [6.07, 6.45) is 0.264. The first-order chi connectivity index (χ1) is 8.52. The van der Waals surface area contributed by atoms with Crippen LogP contribution in [0.1, 0.15) is 12.0 Å². The average molecular weight is 263 g/mol. The predicted molar refractivity (Wildman–Crippen MR) is 67.6 cm³/mol. The van der Waals surface area contributed by atoms with Crippen LogP contribution in [0, 0.1) is 21.4 Å². The number of amides is 1. The van der Waals surface area contributed by atoms with E-state index in [1.165, 1.54) is 23.1 Å². The molecule has 7 heteroatoms. The third-order valence-corrected chi connectivity index (χ3v) is 3.04. The topological polar surface area (TPSA) is 87.2 Å². The summed E-state index contributed by atoms with van der Waals surface area (Å²) in [5.41, 5.74) is 0.185. The largest absolute Gasteiger partial charge is 0.305 e. The van der Waals surface area contributed by atoms with E-state index in [0.717, 1.165) is 0 Å². The van der Waals surface area contributed by atoms with Crippen LogP contribution in [-0.2, 0) is 4.79 Å². The normalized spacial score (nSPS) is 18.8. The van der Waals surface area contributed by atoms with E-state index >= 15 is 0 Å². The fourth-order valence-corrected chi connectivity index (χ4v) is 2.21. The Hall–Kier alpha value is -2.07. The predicted octanol–water partition coefficient (Wildman–Crippen LogP) is 1.50. The van der Waals surface area contributed by atoms with E-state index in [0.29, 0.717) is 6.54 Å². The maximum absolute atomic E-state index is 11.7. The summed E-state index contributed by atoms with van der Waals surface area (Å²) in [7, 11) is 0. The molecule has 0 radical (unpaired) electrons. The van der Waals surface area contributed by atoms with Crippen molar-refractivity contribution in [2.75, 3.05) is 11.4 Å². The third kappa shape index (κ3) is 2.15. The van der Waals surface area contributed by atoms with Gasteiger partial charge in [0.05, 0.1) is 16.6 Å². The van der Waals surface area contributed by atoms with Gasteiger partial charge >= 0.3 is 0 Å². The number of hydrogen-bond donors (Lipinski definition) is 1. The van der Waals surface area contributed by atoms with Crippen LogP contribution < -0.4 is 4.90 Å². The highest BCUT2D eigenvalue weighted by Crippen LogP contribution is 2.33. The quantitative estimate of drug-likeness (QED) is 0.497. The van der Waals surface area contributed by atoms with Gasteiger partial charge in [-0.25, -0.2) is 0 Å². The number of carbonyl (C=O) groups is 1. The molecule has 1 heterocycles. The second kappa shape index (κ2) is 4.66. The van der Waals surface area contributed by atoms with E-state index < -0.39 is 4.92 Å². The van der Waals surface area contributed by atoms with Gasteiger partial charge in [0.1, 0.15) is 5.69 Å². The molecule has 1 saturated heterocycles. The Morgan fingerprint density at radius 3 is 2.78 bits per heavy atom. The van der Waals surface area contributed by atoms with Gasteiger partial charge in [0.15, 0.2) is 0 Å². The number of nitriles is 1. The zero-order chi connectivity index (χ0) is 13.3. The number of benzene rings is 1. The zero-order valence-corrected chi connectivity index (χ0v) is 10.1. The van der Waals surface area contributed by atoms with Crippen molar-refractivity contribution in [3.05, 3.63) is 33.9 Å². The first kappa shape index (κ1) is 12.4. The molecule has 1 unspecified atom stereocenters. The number of rotatable bonds is 2. The summed E-state index contributed by atoms with van der Waals surface area (Å²) < 4.78 is 0. The van der Waals surface area contributed by atoms with Crippen LogP contribution >= 0.6 is 12.6 Å². The minimum atomic E-state index is -0.588. The molecule has 1 aliphatic heterocycles. The van der Waals surface area contributed by atoms with Crippen molar-refractivity contribution in [3.8, 4) is 6.07 Å². The Bertz CT molecular complexity index is 567. The molecule has 1 fully saturated rings. The van der Waals surface area contributed by atoms with Gasteiger partial charge in [-0.05, 0) is 12.1 Å². The summed E-state index contributed by atoms with van der Waals surface area (Å²) in [6, 6.07) is 5.90. The van der Waals surface area contributed by atoms with Crippen LogP contribution in [0.4, 0.5) is 11.4 Å². The maximum atomic E-state index is 11.7. The molecule has 0 aliphatic carbocycles. The van der Waals surface area contributed by atoms with Gasteiger partial charge < -0.3 is 4.90 Å². The molecular formula is C11H9N3O3S. The van der Waals surface area contributed by atoms with Crippen LogP contribution in [0.5, 0.6) is 0 Å². The number of anilines is 1. The Balaban J connectivity index is 2.48. The van der Waals surface area contributed by atoms with Gasteiger partial charge in [0, 0.05) is 24.3 Å². The van der Waals surface area contributed by atoms with Crippen molar-refractivity contribution in [1.82, 2.24) is 0 Å². The lowest BCUT2D eigenvalue weighted by atomic mass is 10.1. The number of nitro benzene ring substituents is 1. The van der Waals surface area contributed by atoms with Crippen molar-refractivity contribution in [3.63, 3.8) is 0 Å². The molecule has 18 heavy (non-hydrogen) atoms. The second-order valence-electron chi connectivity index (χ2n) is 3.93. The fraction of sp³-hybridized carbons (Fsp3) is 0.273. The van der Waals surface area contributed by atoms with Crippen LogP contribution in [0.3, 0.4) is 0 Å². The molecule has 1 atom stereocenters. The highest BCUT2D eigenvalue weighted by atomic mass is 32.1. The smallest absolute Gasteiger partial charge is 0.294 e. The average Bonchev–Trinajstić information content (AvgIpc) is 2.67. The molecular weight excluding hydrogens is 254 g/mol. The highest BCUT2D eigenvalue weighted by Gasteiger charge is 2.32. The lowest BCUT2D eigenvalue weighted by Gasteiger charge is -2.15. The molecule has 0 N–H and O–H groups in total. The second-order valence-corrected chi connectivity index (χ2v) is 4.66. The fourth-order valence-electron chi connectivity index (χ4n) is 1.89. The molecule has 1 aromatic carbocycles. The van der Waals surface area contributed by atoms with Gasteiger partial charge in [0.2, 0.25) is 5.91 Å². The van der Waals surface area contributed by atoms with E-state index in [1.807, 2.05) is 6.07 Å². The third-order valence-electron chi connectivity index (χ3n) is 2.70. The Labute approximate surface area is 108 Å². The number of thiol groups is 1. The first-order valence-corrected chi connectivity index (χ1v) is 5.71. The SMILES string of the molecule is N#Cc1ccc(N2CC(S)CC2=O)c([N+](=O)[O-])c1. The van der Waals surface area contributed by atoms with Gasteiger partial charge in [-0.15, -0.1) is 0 Å². The lowest BCUT2D eigenvalue weighted by Crippen LogP contribution is -2.25. The molecule has 92 valence electrons. The Morgan fingerprint density at radius 1 is 1.56 bits per heavy atom. The molecule has 6 nitrogen and oxygen atoms in total. The summed E-state index contributed by atoms with van der Waals surface area (Å²) in [6.45, 7) is 0.342. The maximum Gasteiger partial charge on any atom is 0.294 e. The van der Waals surface area contributed by atoms with Crippen molar-refractivity contribution in [1.29, 1.82) is 5.26 Å². The Kier molecular flexibility index (Phi) is 3.21. The highest BCUT2D eigenvalue weighted by molar-refractivity contribution is 7.81. The van der Waals surface area contributed by atoms with E-state index in [4.69, 9.17) is 5.26 Å². The monoisotopic (exact) mass is 263 g/mol. The Morgan fingerprint density at radius 2 is 2.28 bits per heavy atom.